The first-order chi connectivity index (χ1) is 12.0. The van der Waals surface area contributed by atoms with Gasteiger partial charge in [0.2, 0.25) is 0 Å². The van der Waals surface area contributed by atoms with E-state index in [1.807, 2.05) is 43.3 Å². The van der Waals surface area contributed by atoms with Crippen LogP contribution in [0.15, 0.2) is 54.6 Å². The van der Waals surface area contributed by atoms with Gasteiger partial charge in [0.25, 0.3) is 0 Å². The van der Waals surface area contributed by atoms with E-state index in [0.29, 0.717) is 28.0 Å². The number of anilines is 4. The normalized spacial score (nSPS) is 10.4. The maximum absolute atomic E-state index is 11.3. The van der Waals surface area contributed by atoms with Gasteiger partial charge in [-0.05, 0) is 50.2 Å². The van der Waals surface area contributed by atoms with Gasteiger partial charge in [-0.2, -0.15) is 0 Å². The van der Waals surface area contributed by atoms with Crippen molar-refractivity contribution in [2.45, 2.75) is 13.8 Å². The van der Waals surface area contributed by atoms with Crippen molar-refractivity contribution < 1.29 is 4.79 Å². The molecule has 0 saturated heterocycles. The Morgan fingerprint density at radius 3 is 2.24 bits per heavy atom. The minimum absolute atomic E-state index is 0.0376. The van der Waals surface area contributed by atoms with Gasteiger partial charge >= 0.3 is 0 Å². The Morgan fingerprint density at radius 1 is 0.960 bits per heavy atom. The van der Waals surface area contributed by atoms with E-state index in [1.54, 1.807) is 25.1 Å². The number of Topliss-reactive ketones (excluding diaryl/α,β-unsaturated/α-hetero) is 1. The molecule has 0 radical (unpaired) electrons. The van der Waals surface area contributed by atoms with Crippen LogP contribution in [-0.4, -0.2) is 15.8 Å². The Labute approximate surface area is 151 Å². The number of carbonyl (C=O) groups excluding carboxylic acids is 1. The number of hydrogen-bond donors (Lipinski definition) is 2. The number of ketones is 1. The Hall–Kier alpha value is -2.92. The molecular weight excluding hydrogens is 336 g/mol. The lowest BCUT2D eigenvalue weighted by Gasteiger charge is -2.11. The predicted molar refractivity (Wildman–Crippen MR) is 101 cm³/mol. The van der Waals surface area contributed by atoms with Crippen molar-refractivity contribution in [3.8, 4) is 0 Å². The van der Waals surface area contributed by atoms with E-state index in [2.05, 4.69) is 20.6 Å². The zero-order valence-corrected chi connectivity index (χ0v) is 14.6. The minimum atomic E-state index is 0.0376. The lowest BCUT2D eigenvalue weighted by molar-refractivity contribution is 0.101. The van der Waals surface area contributed by atoms with Crippen molar-refractivity contribution in [2.24, 2.45) is 0 Å². The first kappa shape index (κ1) is 16.9. The average Bonchev–Trinajstić information content (AvgIpc) is 2.57. The number of hydrogen-bond acceptors (Lipinski definition) is 5. The van der Waals surface area contributed by atoms with Gasteiger partial charge in [0, 0.05) is 17.3 Å². The number of carbonyl (C=O) groups is 1. The molecule has 5 nitrogen and oxygen atoms in total. The van der Waals surface area contributed by atoms with Crippen LogP contribution >= 0.6 is 11.6 Å². The summed E-state index contributed by atoms with van der Waals surface area (Å²) >= 11 is 6.17. The van der Waals surface area contributed by atoms with E-state index in [1.165, 1.54) is 0 Å². The Balaban J connectivity index is 1.81. The Morgan fingerprint density at radius 2 is 1.60 bits per heavy atom. The minimum Gasteiger partial charge on any atom is -0.340 e. The first-order valence-corrected chi connectivity index (χ1v) is 8.14. The number of nitrogens with zero attached hydrogens (tertiary/aromatic N) is 2. The van der Waals surface area contributed by atoms with Crippen LogP contribution in [0.2, 0.25) is 5.02 Å². The molecule has 2 aromatic carbocycles. The monoisotopic (exact) mass is 352 g/mol. The molecule has 1 heterocycles. The highest BCUT2D eigenvalue weighted by Crippen LogP contribution is 2.25. The third kappa shape index (κ3) is 4.33. The van der Waals surface area contributed by atoms with E-state index < -0.39 is 0 Å². The van der Waals surface area contributed by atoms with Gasteiger partial charge in [0.1, 0.15) is 17.5 Å². The number of benzene rings is 2. The molecule has 6 heteroatoms. The van der Waals surface area contributed by atoms with E-state index in [4.69, 9.17) is 11.6 Å². The number of para-hydroxylation sites is 1. The van der Waals surface area contributed by atoms with Crippen molar-refractivity contribution in [1.82, 2.24) is 9.97 Å². The van der Waals surface area contributed by atoms with Gasteiger partial charge in [0.05, 0.1) is 10.7 Å². The van der Waals surface area contributed by atoms with Gasteiger partial charge in [-0.3, -0.25) is 4.79 Å². The molecule has 0 amide bonds. The fourth-order valence-electron chi connectivity index (χ4n) is 2.33. The topological polar surface area (TPSA) is 66.9 Å². The molecule has 0 spiro atoms. The predicted octanol–water partition coefficient (Wildman–Crippen LogP) is 5.13. The molecule has 0 fully saturated rings. The molecule has 3 aromatic rings. The third-order valence-electron chi connectivity index (χ3n) is 3.54. The van der Waals surface area contributed by atoms with Gasteiger partial charge in [-0.1, -0.05) is 23.7 Å². The fourth-order valence-corrected chi connectivity index (χ4v) is 2.52. The zero-order chi connectivity index (χ0) is 17.8. The molecule has 0 saturated carbocycles. The molecule has 0 unspecified atom stereocenters. The second-order valence-corrected chi connectivity index (χ2v) is 5.96. The van der Waals surface area contributed by atoms with Gasteiger partial charge in [-0.15, -0.1) is 0 Å². The largest absolute Gasteiger partial charge is 0.340 e. The van der Waals surface area contributed by atoms with Crippen molar-refractivity contribution in [2.75, 3.05) is 10.6 Å². The second kappa shape index (κ2) is 7.32. The summed E-state index contributed by atoms with van der Waals surface area (Å²) in [5, 5.41) is 7.03. The number of aromatic nitrogens is 2. The van der Waals surface area contributed by atoms with Crippen molar-refractivity contribution >= 4 is 40.4 Å². The molecule has 126 valence electrons. The van der Waals surface area contributed by atoms with Crippen LogP contribution in [0.3, 0.4) is 0 Å². The standard InChI is InChI=1S/C19H17ClN4O/c1-12(25)14-7-9-15(10-8-14)23-18-11-19(22-13(2)21-18)24-17-6-4-3-5-16(17)20/h3-11H,1-2H3,(H2,21,22,23,24). The maximum Gasteiger partial charge on any atom is 0.159 e. The van der Waals surface area contributed by atoms with Crippen LogP contribution in [0, 0.1) is 6.92 Å². The SMILES string of the molecule is CC(=O)c1ccc(Nc2cc(Nc3ccccc3Cl)nc(C)n2)cc1. The van der Waals surface area contributed by atoms with Gasteiger partial charge in [0.15, 0.2) is 5.78 Å². The fraction of sp³-hybridized carbons (Fsp3) is 0.105. The smallest absolute Gasteiger partial charge is 0.159 e. The van der Waals surface area contributed by atoms with E-state index in [0.717, 1.165) is 11.4 Å². The summed E-state index contributed by atoms with van der Waals surface area (Å²) < 4.78 is 0. The summed E-state index contributed by atoms with van der Waals surface area (Å²) in [4.78, 5) is 20.1. The molecule has 0 aliphatic carbocycles. The van der Waals surface area contributed by atoms with Crippen molar-refractivity contribution in [1.29, 1.82) is 0 Å². The van der Waals surface area contributed by atoms with Gasteiger partial charge in [-0.25, -0.2) is 9.97 Å². The van der Waals surface area contributed by atoms with Crippen molar-refractivity contribution in [3.63, 3.8) is 0 Å². The van der Waals surface area contributed by atoms with Crippen LogP contribution in [0.4, 0.5) is 23.0 Å². The first-order valence-electron chi connectivity index (χ1n) is 7.76. The summed E-state index contributed by atoms with van der Waals surface area (Å²) in [5.41, 5.74) is 2.29. The third-order valence-corrected chi connectivity index (χ3v) is 3.87. The summed E-state index contributed by atoms with van der Waals surface area (Å²) in [6, 6.07) is 16.5. The molecule has 0 atom stereocenters. The number of aryl methyl sites for hydroxylation is 1. The maximum atomic E-state index is 11.3. The Bertz CT molecular complexity index is 910. The molecular formula is C19H17ClN4O. The molecule has 1 aromatic heterocycles. The Kier molecular flexibility index (Phi) is 4.95. The summed E-state index contributed by atoms with van der Waals surface area (Å²) in [6.07, 6.45) is 0. The highest BCUT2D eigenvalue weighted by atomic mass is 35.5. The van der Waals surface area contributed by atoms with Crippen LogP contribution in [0.5, 0.6) is 0 Å². The van der Waals surface area contributed by atoms with Crippen LogP contribution in [-0.2, 0) is 0 Å². The van der Waals surface area contributed by atoms with E-state index in [9.17, 15) is 4.79 Å². The molecule has 25 heavy (non-hydrogen) atoms. The molecule has 3 rings (SSSR count). The molecule has 0 aliphatic heterocycles. The molecule has 0 bridgehead atoms. The lowest BCUT2D eigenvalue weighted by Crippen LogP contribution is -2.02. The summed E-state index contributed by atoms with van der Waals surface area (Å²) in [7, 11) is 0. The lowest BCUT2D eigenvalue weighted by atomic mass is 10.1. The number of halogens is 1. The van der Waals surface area contributed by atoms with E-state index >= 15 is 0 Å². The molecule has 2 N–H and O–H groups in total. The number of rotatable bonds is 5. The number of nitrogens with one attached hydrogen (secondary N) is 2. The highest BCUT2D eigenvalue weighted by molar-refractivity contribution is 6.33. The average molecular weight is 353 g/mol. The quantitative estimate of drug-likeness (QED) is 0.623. The van der Waals surface area contributed by atoms with Crippen LogP contribution in [0.1, 0.15) is 23.1 Å². The van der Waals surface area contributed by atoms with Crippen LogP contribution in [0.25, 0.3) is 0 Å². The van der Waals surface area contributed by atoms with Crippen LogP contribution < -0.4 is 10.6 Å². The van der Waals surface area contributed by atoms with Crippen molar-refractivity contribution in [3.05, 3.63) is 71.0 Å². The second-order valence-electron chi connectivity index (χ2n) is 5.55. The summed E-state index contributed by atoms with van der Waals surface area (Å²) in [5.74, 6) is 1.96. The van der Waals surface area contributed by atoms with E-state index in [-0.39, 0.29) is 5.78 Å². The molecule has 0 aliphatic rings. The van der Waals surface area contributed by atoms with Gasteiger partial charge < -0.3 is 10.6 Å². The zero-order valence-electron chi connectivity index (χ0n) is 13.9. The summed E-state index contributed by atoms with van der Waals surface area (Å²) in [6.45, 7) is 3.37. The highest BCUT2D eigenvalue weighted by Gasteiger charge is 2.06.